The fraction of sp³-hybridized carbons (Fsp3) is 0.500. The molecule has 7 nitrogen and oxygen atoms in total. The van der Waals surface area contributed by atoms with Crippen molar-refractivity contribution in [3.05, 3.63) is 11.6 Å². The molecule has 1 heterocycles. The van der Waals surface area contributed by atoms with Crippen LogP contribution in [0.25, 0.3) is 0 Å². The molecule has 0 fully saturated rings. The molecule has 0 saturated carbocycles. The first-order valence-electron chi connectivity index (χ1n) is 4.60. The van der Waals surface area contributed by atoms with Gasteiger partial charge in [0.2, 0.25) is 0 Å². The number of carboxylic acids is 1. The standard InChI is InChI=1S/C8H13N2O5P/c9-6(4-16(13,14)15)5-2-1-3-10-7(5)8(11)12/h2,7,9-10H,1,3-4H2,(H,11,12)(H2,13,14,15). The largest absolute Gasteiger partial charge is 0.480 e. The highest BCUT2D eigenvalue weighted by atomic mass is 31.2. The lowest BCUT2D eigenvalue weighted by atomic mass is 9.98. The van der Waals surface area contributed by atoms with Crippen molar-refractivity contribution in [2.45, 2.75) is 12.5 Å². The first-order valence-corrected chi connectivity index (χ1v) is 6.39. The van der Waals surface area contributed by atoms with Crippen molar-refractivity contribution in [2.24, 2.45) is 0 Å². The molecule has 1 aliphatic rings. The molecule has 1 unspecified atom stereocenters. The fourth-order valence-corrected chi connectivity index (χ4v) is 2.09. The lowest BCUT2D eigenvalue weighted by molar-refractivity contribution is -0.138. The van der Waals surface area contributed by atoms with Gasteiger partial charge in [-0.05, 0) is 18.5 Å². The van der Waals surface area contributed by atoms with E-state index < -0.39 is 25.8 Å². The number of hydrogen-bond acceptors (Lipinski definition) is 4. The summed E-state index contributed by atoms with van der Waals surface area (Å²) < 4.78 is 10.7. The van der Waals surface area contributed by atoms with Crippen LogP contribution in [0.4, 0.5) is 0 Å². The van der Waals surface area contributed by atoms with E-state index in [9.17, 15) is 9.36 Å². The molecule has 0 aromatic rings. The zero-order valence-electron chi connectivity index (χ0n) is 8.38. The quantitative estimate of drug-likeness (QED) is 0.338. The van der Waals surface area contributed by atoms with Crippen LogP contribution in [0.3, 0.4) is 0 Å². The number of rotatable bonds is 4. The van der Waals surface area contributed by atoms with Gasteiger partial charge in [0.1, 0.15) is 6.04 Å². The fourth-order valence-electron chi connectivity index (χ4n) is 1.50. The molecule has 5 N–H and O–H groups in total. The maximum absolute atomic E-state index is 10.8. The minimum absolute atomic E-state index is 0.141. The Balaban J connectivity index is 2.84. The van der Waals surface area contributed by atoms with Crippen LogP contribution in [0.15, 0.2) is 11.6 Å². The molecule has 0 bridgehead atoms. The van der Waals surface area contributed by atoms with Gasteiger partial charge in [0, 0.05) is 5.71 Å². The normalized spacial score (nSPS) is 21.4. The maximum atomic E-state index is 10.8. The predicted molar refractivity (Wildman–Crippen MR) is 56.8 cm³/mol. The summed E-state index contributed by atoms with van der Waals surface area (Å²) in [6, 6.07) is -1.05. The average Bonchev–Trinajstić information content (AvgIpc) is 2.15. The summed E-state index contributed by atoms with van der Waals surface area (Å²) in [4.78, 5) is 28.3. The molecule has 0 aliphatic carbocycles. The van der Waals surface area contributed by atoms with Gasteiger partial charge in [-0.1, -0.05) is 6.08 Å². The third-order valence-corrected chi connectivity index (χ3v) is 2.86. The number of carbonyl (C=O) groups is 1. The van der Waals surface area contributed by atoms with E-state index in [1.165, 1.54) is 6.08 Å². The Hall–Kier alpha value is -1.01. The lowest BCUT2D eigenvalue weighted by Crippen LogP contribution is -2.43. The molecule has 1 aliphatic heterocycles. The van der Waals surface area contributed by atoms with Crippen molar-refractivity contribution in [3.63, 3.8) is 0 Å². The molecule has 16 heavy (non-hydrogen) atoms. The Bertz CT molecular complexity index is 386. The molecule has 90 valence electrons. The molecular formula is C8H13N2O5P. The smallest absolute Gasteiger partial charge is 0.331 e. The van der Waals surface area contributed by atoms with E-state index in [-0.39, 0.29) is 11.3 Å². The Labute approximate surface area is 91.8 Å². The van der Waals surface area contributed by atoms with Gasteiger partial charge in [-0.2, -0.15) is 0 Å². The van der Waals surface area contributed by atoms with Gasteiger partial charge in [-0.3, -0.25) is 9.36 Å². The van der Waals surface area contributed by atoms with Crippen LogP contribution in [-0.4, -0.2) is 45.3 Å². The Morgan fingerprint density at radius 1 is 1.62 bits per heavy atom. The molecule has 0 saturated heterocycles. The molecule has 1 rings (SSSR count). The highest BCUT2D eigenvalue weighted by molar-refractivity contribution is 7.52. The topological polar surface area (TPSA) is 131 Å². The van der Waals surface area contributed by atoms with Crippen LogP contribution >= 0.6 is 7.60 Å². The van der Waals surface area contributed by atoms with Crippen molar-refractivity contribution in [1.82, 2.24) is 5.32 Å². The molecule has 0 amide bonds. The molecule has 1 atom stereocenters. The predicted octanol–water partition coefficient (Wildman–Crippen LogP) is -0.443. The van der Waals surface area contributed by atoms with E-state index >= 15 is 0 Å². The third-order valence-electron chi connectivity index (χ3n) is 2.13. The van der Waals surface area contributed by atoms with Gasteiger partial charge in [0.25, 0.3) is 0 Å². The second kappa shape index (κ2) is 4.88. The van der Waals surface area contributed by atoms with Crippen LogP contribution < -0.4 is 5.32 Å². The number of hydrogen-bond donors (Lipinski definition) is 5. The second-order valence-electron chi connectivity index (χ2n) is 3.47. The van der Waals surface area contributed by atoms with Gasteiger partial charge in [0.05, 0.1) is 6.16 Å². The van der Waals surface area contributed by atoms with Crippen molar-refractivity contribution in [2.75, 3.05) is 12.7 Å². The van der Waals surface area contributed by atoms with Crippen molar-refractivity contribution >= 4 is 19.3 Å². The van der Waals surface area contributed by atoms with Crippen molar-refractivity contribution in [1.29, 1.82) is 5.41 Å². The van der Waals surface area contributed by atoms with E-state index in [0.29, 0.717) is 13.0 Å². The van der Waals surface area contributed by atoms with E-state index in [1.807, 2.05) is 0 Å². The highest BCUT2D eigenvalue weighted by Gasteiger charge is 2.29. The van der Waals surface area contributed by atoms with Gasteiger partial charge in [0.15, 0.2) is 0 Å². The van der Waals surface area contributed by atoms with E-state index in [1.54, 1.807) is 0 Å². The van der Waals surface area contributed by atoms with Gasteiger partial charge in [-0.15, -0.1) is 0 Å². The monoisotopic (exact) mass is 248 g/mol. The van der Waals surface area contributed by atoms with Crippen LogP contribution in [-0.2, 0) is 9.36 Å². The first kappa shape index (κ1) is 13.1. The highest BCUT2D eigenvalue weighted by Crippen LogP contribution is 2.35. The summed E-state index contributed by atoms with van der Waals surface area (Å²) in [5.41, 5.74) is -0.185. The zero-order chi connectivity index (χ0) is 12.3. The summed E-state index contributed by atoms with van der Waals surface area (Å²) in [6.45, 7) is 0.476. The average molecular weight is 248 g/mol. The molecule has 0 aromatic heterocycles. The van der Waals surface area contributed by atoms with Gasteiger partial charge < -0.3 is 25.6 Å². The van der Waals surface area contributed by atoms with Gasteiger partial charge >= 0.3 is 13.6 Å². The summed E-state index contributed by atoms with van der Waals surface area (Å²) in [5, 5.41) is 19.0. The number of carboxylic acid groups (broad SMARTS) is 1. The van der Waals surface area contributed by atoms with Crippen LogP contribution in [0, 0.1) is 5.41 Å². The summed E-state index contributed by atoms with van der Waals surface area (Å²) in [5.74, 6) is -1.15. The minimum atomic E-state index is -4.33. The Kier molecular flexibility index (Phi) is 3.98. The number of aliphatic carboxylic acids is 1. The van der Waals surface area contributed by atoms with Crippen LogP contribution in [0.5, 0.6) is 0 Å². The summed E-state index contributed by atoms with van der Waals surface area (Å²) >= 11 is 0. The van der Waals surface area contributed by atoms with Gasteiger partial charge in [-0.25, -0.2) is 0 Å². The molecule has 0 aromatic carbocycles. The second-order valence-corrected chi connectivity index (χ2v) is 5.12. The molecule has 0 radical (unpaired) electrons. The molecular weight excluding hydrogens is 235 g/mol. The zero-order valence-corrected chi connectivity index (χ0v) is 9.28. The summed E-state index contributed by atoms with van der Waals surface area (Å²) in [7, 11) is -4.33. The van der Waals surface area contributed by atoms with E-state index in [4.69, 9.17) is 20.3 Å². The Morgan fingerprint density at radius 3 is 2.75 bits per heavy atom. The van der Waals surface area contributed by atoms with E-state index in [0.717, 1.165) is 0 Å². The third kappa shape index (κ3) is 3.53. The lowest BCUT2D eigenvalue weighted by Gasteiger charge is -2.22. The number of nitrogens with one attached hydrogen (secondary N) is 2. The SMILES string of the molecule is N=C(CP(=O)(O)O)C1=CCCNC1C(=O)O. The van der Waals surface area contributed by atoms with Crippen LogP contribution in [0.1, 0.15) is 6.42 Å². The first-order chi connectivity index (χ1) is 7.31. The van der Waals surface area contributed by atoms with Crippen LogP contribution in [0.2, 0.25) is 0 Å². The maximum Gasteiger partial charge on any atom is 0.331 e. The summed E-state index contributed by atoms with van der Waals surface area (Å²) in [6.07, 6.45) is 1.35. The van der Waals surface area contributed by atoms with Crippen molar-refractivity contribution in [3.8, 4) is 0 Å². The van der Waals surface area contributed by atoms with E-state index in [2.05, 4.69) is 5.32 Å². The minimum Gasteiger partial charge on any atom is -0.480 e. The van der Waals surface area contributed by atoms with Crippen molar-refractivity contribution < 1.29 is 24.3 Å². The Morgan fingerprint density at radius 2 is 2.25 bits per heavy atom. The molecule has 0 spiro atoms. The molecule has 8 heteroatoms.